The molecule has 0 aliphatic carbocycles. The van der Waals surface area contributed by atoms with Gasteiger partial charge in [-0.2, -0.15) is 9.40 Å². The van der Waals surface area contributed by atoms with Gasteiger partial charge in [0.05, 0.1) is 11.4 Å². The molecule has 2 rings (SSSR count). The zero-order valence-electron chi connectivity index (χ0n) is 12.4. The van der Waals surface area contributed by atoms with Gasteiger partial charge in [0.2, 0.25) is 10.0 Å². The van der Waals surface area contributed by atoms with Crippen molar-refractivity contribution in [3.8, 4) is 0 Å². The molecular weight excluding hydrogens is 276 g/mol. The molecule has 0 saturated carbocycles. The highest BCUT2D eigenvalue weighted by atomic mass is 32.2. The van der Waals surface area contributed by atoms with E-state index in [4.69, 9.17) is 5.73 Å². The summed E-state index contributed by atoms with van der Waals surface area (Å²) < 4.78 is 27.2. The van der Waals surface area contributed by atoms with Crippen LogP contribution in [0.3, 0.4) is 0 Å². The second-order valence-corrected chi connectivity index (χ2v) is 7.50. The minimum Gasteiger partial charge on any atom is -0.325 e. The Kier molecular flexibility index (Phi) is 4.22. The van der Waals surface area contributed by atoms with Crippen LogP contribution in [0.1, 0.15) is 44.5 Å². The molecule has 1 fully saturated rings. The summed E-state index contributed by atoms with van der Waals surface area (Å²) >= 11 is 0. The lowest BCUT2D eigenvalue weighted by Crippen LogP contribution is -2.32. The summed E-state index contributed by atoms with van der Waals surface area (Å²) in [5.41, 5.74) is 6.71. The number of hydrogen-bond acceptors (Lipinski definition) is 4. The van der Waals surface area contributed by atoms with Crippen LogP contribution < -0.4 is 5.73 Å². The van der Waals surface area contributed by atoms with Gasteiger partial charge in [0.1, 0.15) is 4.90 Å². The summed E-state index contributed by atoms with van der Waals surface area (Å²) in [4.78, 5) is 0.267. The summed E-state index contributed by atoms with van der Waals surface area (Å²) in [6, 6.07) is 0. The largest absolute Gasteiger partial charge is 0.325 e. The Balaban J connectivity index is 2.35. The number of H-pyrrole nitrogens is 1. The van der Waals surface area contributed by atoms with E-state index in [0.29, 0.717) is 24.5 Å². The van der Waals surface area contributed by atoms with Gasteiger partial charge in [-0.1, -0.05) is 13.8 Å². The first-order valence-electron chi connectivity index (χ1n) is 7.14. The number of hydrogen-bond donors (Lipinski definition) is 2. The van der Waals surface area contributed by atoms with E-state index < -0.39 is 10.0 Å². The van der Waals surface area contributed by atoms with Gasteiger partial charge < -0.3 is 5.73 Å². The van der Waals surface area contributed by atoms with Crippen LogP contribution in [0.5, 0.6) is 0 Å². The zero-order chi connectivity index (χ0) is 15.0. The normalized spacial score (nSPS) is 19.6. The molecule has 0 amide bonds. The Hall–Kier alpha value is -0.920. The number of aryl methyl sites for hydroxylation is 1. The van der Waals surface area contributed by atoms with Gasteiger partial charge in [0.15, 0.2) is 0 Å². The molecule has 0 radical (unpaired) electrons. The maximum Gasteiger partial charge on any atom is 0.246 e. The molecule has 20 heavy (non-hydrogen) atoms. The number of rotatable bonds is 5. The summed E-state index contributed by atoms with van der Waals surface area (Å²) in [7, 11) is -3.50. The fraction of sp³-hybridized carbons (Fsp3) is 0.769. The van der Waals surface area contributed by atoms with Crippen molar-refractivity contribution in [3.05, 3.63) is 11.4 Å². The molecule has 1 aromatic rings. The van der Waals surface area contributed by atoms with Crippen LogP contribution in [0.2, 0.25) is 0 Å². The lowest BCUT2D eigenvalue weighted by molar-refractivity contribution is 0.279. The molecule has 1 saturated heterocycles. The molecule has 0 bridgehead atoms. The molecule has 1 aliphatic heterocycles. The number of nitrogens with one attached hydrogen (secondary N) is 1. The summed E-state index contributed by atoms with van der Waals surface area (Å²) in [5, 5.41) is 6.72. The molecule has 2 heterocycles. The smallest absolute Gasteiger partial charge is 0.246 e. The van der Waals surface area contributed by atoms with Crippen molar-refractivity contribution in [1.29, 1.82) is 0 Å². The number of nitrogens with two attached hydrogens (primary N) is 1. The third-order valence-corrected chi connectivity index (χ3v) is 6.71. The Bertz CT molecular complexity index is 575. The molecule has 0 aromatic carbocycles. The molecule has 6 nitrogen and oxygen atoms in total. The van der Waals surface area contributed by atoms with Gasteiger partial charge in [0.25, 0.3) is 0 Å². The molecule has 7 heteroatoms. The van der Waals surface area contributed by atoms with E-state index in [1.165, 1.54) is 0 Å². The van der Waals surface area contributed by atoms with Crippen LogP contribution >= 0.6 is 0 Å². The number of sulfonamides is 1. The van der Waals surface area contributed by atoms with Crippen molar-refractivity contribution in [3.63, 3.8) is 0 Å². The molecule has 3 N–H and O–H groups in total. The van der Waals surface area contributed by atoms with Crippen LogP contribution in [-0.2, 0) is 16.6 Å². The van der Waals surface area contributed by atoms with E-state index in [0.717, 1.165) is 19.3 Å². The fourth-order valence-corrected chi connectivity index (χ4v) is 4.90. The van der Waals surface area contributed by atoms with Crippen LogP contribution in [0.25, 0.3) is 0 Å². The first-order chi connectivity index (χ1) is 9.40. The second-order valence-electron chi connectivity index (χ2n) is 5.62. The predicted molar refractivity (Wildman–Crippen MR) is 77.6 cm³/mol. The van der Waals surface area contributed by atoms with E-state index in [-0.39, 0.29) is 16.9 Å². The van der Waals surface area contributed by atoms with Crippen molar-refractivity contribution in [2.24, 2.45) is 11.1 Å². The fourth-order valence-electron chi connectivity index (χ4n) is 3.01. The quantitative estimate of drug-likeness (QED) is 0.859. The van der Waals surface area contributed by atoms with Crippen LogP contribution in [0.4, 0.5) is 0 Å². The Labute approximate surface area is 120 Å². The maximum absolute atomic E-state index is 12.8. The van der Waals surface area contributed by atoms with Crippen molar-refractivity contribution in [1.82, 2.24) is 14.5 Å². The summed E-state index contributed by atoms with van der Waals surface area (Å²) in [6.45, 7) is 7.29. The Morgan fingerprint density at radius 1 is 1.40 bits per heavy atom. The van der Waals surface area contributed by atoms with E-state index >= 15 is 0 Å². The number of nitrogens with zero attached hydrogens (tertiary/aromatic N) is 2. The number of aromatic amines is 1. The molecule has 114 valence electrons. The Morgan fingerprint density at radius 3 is 2.55 bits per heavy atom. The molecule has 0 atom stereocenters. The van der Waals surface area contributed by atoms with Crippen LogP contribution in [-0.4, -0.2) is 36.0 Å². The van der Waals surface area contributed by atoms with Gasteiger partial charge in [-0.25, -0.2) is 8.42 Å². The lowest BCUT2D eigenvalue weighted by Gasteiger charge is -2.26. The van der Waals surface area contributed by atoms with Gasteiger partial charge in [-0.15, -0.1) is 0 Å². The van der Waals surface area contributed by atoms with Gasteiger partial charge in [0, 0.05) is 19.6 Å². The average molecular weight is 300 g/mol. The van der Waals surface area contributed by atoms with Crippen molar-refractivity contribution in [2.75, 3.05) is 13.1 Å². The van der Waals surface area contributed by atoms with E-state index in [1.807, 2.05) is 0 Å². The Morgan fingerprint density at radius 2 is 2.05 bits per heavy atom. The minimum absolute atomic E-state index is 0.119. The molecule has 0 spiro atoms. The van der Waals surface area contributed by atoms with Crippen LogP contribution in [0.15, 0.2) is 4.90 Å². The lowest BCUT2D eigenvalue weighted by atomic mass is 9.82. The van der Waals surface area contributed by atoms with Gasteiger partial charge in [-0.3, -0.25) is 5.10 Å². The highest BCUT2D eigenvalue weighted by molar-refractivity contribution is 7.89. The van der Waals surface area contributed by atoms with Crippen molar-refractivity contribution in [2.45, 2.75) is 51.5 Å². The van der Waals surface area contributed by atoms with Crippen molar-refractivity contribution < 1.29 is 8.42 Å². The highest BCUT2D eigenvalue weighted by Gasteiger charge is 2.42. The highest BCUT2D eigenvalue weighted by Crippen LogP contribution is 2.39. The van der Waals surface area contributed by atoms with E-state index in [2.05, 4.69) is 24.0 Å². The number of aromatic nitrogens is 2. The predicted octanol–water partition coefficient (Wildman–Crippen LogP) is 1.38. The standard InChI is InChI=1S/C13H24N4O2S/c1-4-13(5-2)6-7-17(9-13)20(18,19)12-10(3)15-16-11(12)8-14/h4-9,14H2,1-3H3,(H,15,16). The first kappa shape index (κ1) is 15.5. The monoisotopic (exact) mass is 300 g/mol. The zero-order valence-corrected chi connectivity index (χ0v) is 13.3. The van der Waals surface area contributed by atoms with Gasteiger partial charge in [-0.05, 0) is 31.6 Å². The molecule has 1 aliphatic rings. The third kappa shape index (κ3) is 2.38. The summed E-state index contributed by atoms with van der Waals surface area (Å²) in [5.74, 6) is 0. The van der Waals surface area contributed by atoms with Crippen LogP contribution in [0, 0.1) is 12.3 Å². The first-order valence-corrected chi connectivity index (χ1v) is 8.58. The molecular formula is C13H24N4O2S. The maximum atomic E-state index is 12.8. The topological polar surface area (TPSA) is 92.1 Å². The SMILES string of the molecule is CCC1(CC)CCN(S(=O)(=O)c2c(CN)n[nH]c2C)C1. The van der Waals surface area contributed by atoms with E-state index in [1.54, 1.807) is 11.2 Å². The molecule has 0 unspecified atom stereocenters. The minimum atomic E-state index is -3.50. The summed E-state index contributed by atoms with van der Waals surface area (Å²) in [6.07, 6.45) is 2.93. The average Bonchev–Trinajstić information content (AvgIpc) is 3.03. The van der Waals surface area contributed by atoms with E-state index in [9.17, 15) is 8.42 Å². The molecule has 1 aromatic heterocycles. The second kappa shape index (κ2) is 5.46. The van der Waals surface area contributed by atoms with Gasteiger partial charge >= 0.3 is 0 Å². The third-order valence-electron chi connectivity index (χ3n) is 4.66. The van der Waals surface area contributed by atoms with Crippen molar-refractivity contribution >= 4 is 10.0 Å².